The molecule has 0 fully saturated rings. The summed E-state index contributed by atoms with van der Waals surface area (Å²) in [6, 6.07) is 16.0. The summed E-state index contributed by atoms with van der Waals surface area (Å²) >= 11 is 9.45. The van der Waals surface area contributed by atoms with Crippen LogP contribution < -0.4 is 0 Å². The fraction of sp³-hybridized carbons (Fsp3) is 0.250. The third kappa shape index (κ3) is 4.64. The molecule has 0 saturated heterocycles. The lowest BCUT2D eigenvalue weighted by molar-refractivity contribution is 0.225. The van der Waals surface area contributed by atoms with Crippen LogP contribution in [0.1, 0.15) is 11.1 Å². The van der Waals surface area contributed by atoms with Crippen molar-refractivity contribution in [1.82, 2.24) is 0 Å². The predicted octanol–water partition coefficient (Wildman–Crippen LogP) is 4.50. The molecule has 0 radical (unpaired) electrons. The topological polar surface area (TPSA) is 20.2 Å². The molecule has 1 N–H and O–H groups in total. The van der Waals surface area contributed by atoms with Gasteiger partial charge in [0.2, 0.25) is 0 Å². The number of hydrogen-bond donors (Lipinski definition) is 1. The van der Waals surface area contributed by atoms with Gasteiger partial charge in [0.05, 0.1) is 0 Å². The molecular formula is C16H16BrClO. The summed E-state index contributed by atoms with van der Waals surface area (Å²) < 4.78 is 1.07. The van der Waals surface area contributed by atoms with E-state index in [0.29, 0.717) is 0 Å². The van der Waals surface area contributed by atoms with E-state index < -0.39 is 0 Å². The van der Waals surface area contributed by atoms with Crippen molar-refractivity contribution >= 4 is 27.5 Å². The van der Waals surface area contributed by atoms with Crippen molar-refractivity contribution in [2.24, 2.45) is 5.92 Å². The second-order valence-electron chi connectivity index (χ2n) is 4.72. The first-order chi connectivity index (χ1) is 9.17. The lowest BCUT2D eigenvalue weighted by atomic mass is 9.93. The number of rotatable bonds is 5. The zero-order valence-electron chi connectivity index (χ0n) is 10.5. The van der Waals surface area contributed by atoms with Crippen LogP contribution in [0.25, 0.3) is 0 Å². The summed E-state index contributed by atoms with van der Waals surface area (Å²) in [7, 11) is 0. The van der Waals surface area contributed by atoms with Crippen LogP contribution in [0.5, 0.6) is 0 Å². The second-order valence-corrected chi connectivity index (χ2v) is 6.07. The minimum Gasteiger partial charge on any atom is -0.396 e. The normalized spacial score (nSPS) is 12.4. The van der Waals surface area contributed by atoms with Gasteiger partial charge in [-0.1, -0.05) is 51.8 Å². The van der Waals surface area contributed by atoms with E-state index >= 15 is 0 Å². The van der Waals surface area contributed by atoms with Crippen LogP contribution >= 0.6 is 27.5 Å². The first-order valence-corrected chi connectivity index (χ1v) is 7.44. The Hall–Kier alpha value is -0.830. The molecule has 1 atom stereocenters. The first-order valence-electron chi connectivity index (χ1n) is 6.27. The average Bonchev–Trinajstić information content (AvgIpc) is 2.38. The van der Waals surface area contributed by atoms with E-state index in [9.17, 15) is 5.11 Å². The summed E-state index contributed by atoms with van der Waals surface area (Å²) in [5.74, 6) is 0.216. The lowest BCUT2D eigenvalue weighted by Gasteiger charge is -2.14. The highest BCUT2D eigenvalue weighted by Crippen LogP contribution is 2.19. The van der Waals surface area contributed by atoms with Gasteiger partial charge in [0, 0.05) is 16.1 Å². The first kappa shape index (κ1) is 14.6. The maximum Gasteiger partial charge on any atom is 0.0465 e. The summed E-state index contributed by atoms with van der Waals surface area (Å²) in [5, 5.41) is 10.3. The van der Waals surface area contributed by atoms with Crippen LogP contribution in [-0.4, -0.2) is 11.7 Å². The van der Waals surface area contributed by atoms with Crippen molar-refractivity contribution in [3.05, 3.63) is 69.2 Å². The fourth-order valence-corrected chi connectivity index (χ4v) is 2.86. The lowest BCUT2D eigenvalue weighted by Crippen LogP contribution is -2.13. The SMILES string of the molecule is OCC(Cc1cccc(Cl)c1)Cc1cccc(Br)c1. The molecule has 0 aliphatic carbocycles. The monoisotopic (exact) mass is 338 g/mol. The molecule has 0 aliphatic rings. The predicted molar refractivity (Wildman–Crippen MR) is 83.6 cm³/mol. The Morgan fingerprint density at radius 1 is 1.00 bits per heavy atom. The van der Waals surface area contributed by atoms with Crippen molar-refractivity contribution in [2.75, 3.05) is 6.61 Å². The van der Waals surface area contributed by atoms with Gasteiger partial charge in [-0.15, -0.1) is 0 Å². The Labute approximate surface area is 127 Å². The molecule has 0 saturated carbocycles. The molecule has 19 heavy (non-hydrogen) atoms. The highest BCUT2D eigenvalue weighted by atomic mass is 79.9. The van der Waals surface area contributed by atoms with Crippen molar-refractivity contribution in [2.45, 2.75) is 12.8 Å². The molecule has 2 aromatic rings. The van der Waals surface area contributed by atoms with E-state index in [1.54, 1.807) is 0 Å². The molecule has 0 amide bonds. The van der Waals surface area contributed by atoms with E-state index in [2.05, 4.69) is 34.1 Å². The van der Waals surface area contributed by atoms with E-state index in [4.69, 9.17) is 11.6 Å². The Bertz CT molecular complexity index is 494. The molecule has 0 heterocycles. The van der Waals surface area contributed by atoms with E-state index in [1.807, 2.05) is 30.3 Å². The Kier molecular flexibility index (Phi) is 5.44. The molecular weight excluding hydrogens is 324 g/mol. The second kappa shape index (κ2) is 7.09. The van der Waals surface area contributed by atoms with Gasteiger partial charge in [0.1, 0.15) is 0 Å². The zero-order valence-corrected chi connectivity index (χ0v) is 12.9. The summed E-state index contributed by atoms with van der Waals surface area (Å²) in [4.78, 5) is 0. The van der Waals surface area contributed by atoms with Gasteiger partial charge in [-0.3, -0.25) is 0 Å². The Morgan fingerprint density at radius 3 is 2.21 bits per heavy atom. The van der Waals surface area contributed by atoms with E-state index in [0.717, 1.165) is 22.3 Å². The largest absolute Gasteiger partial charge is 0.396 e. The average molecular weight is 340 g/mol. The molecule has 3 heteroatoms. The molecule has 1 unspecified atom stereocenters. The van der Waals surface area contributed by atoms with Gasteiger partial charge in [-0.25, -0.2) is 0 Å². The molecule has 0 aromatic heterocycles. The highest BCUT2D eigenvalue weighted by molar-refractivity contribution is 9.10. The smallest absolute Gasteiger partial charge is 0.0465 e. The molecule has 0 aliphatic heterocycles. The number of benzene rings is 2. The van der Waals surface area contributed by atoms with Gasteiger partial charge < -0.3 is 5.11 Å². The van der Waals surface area contributed by atoms with Gasteiger partial charge >= 0.3 is 0 Å². The van der Waals surface area contributed by atoms with Crippen LogP contribution in [0, 0.1) is 5.92 Å². The number of hydrogen-bond acceptors (Lipinski definition) is 1. The Morgan fingerprint density at radius 2 is 1.63 bits per heavy atom. The molecule has 0 bridgehead atoms. The number of aliphatic hydroxyl groups excluding tert-OH is 1. The minimum atomic E-state index is 0.180. The van der Waals surface area contributed by atoms with Crippen molar-refractivity contribution in [3.8, 4) is 0 Å². The van der Waals surface area contributed by atoms with Gasteiger partial charge in [-0.05, 0) is 54.2 Å². The van der Waals surface area contributed by atoms with Crippen molar-refractivity contribution < 1.29 is 5.11 Å². The molecule has 2 rings (SSSR count). The molecule has 2 aromatic carbocycles. The van der Waals surface area contributed by atoms with Crippen LogP contribution in [0.3, 0.4) is 0 Å². The number of halogens is 2. The fourth-order valence-electron chi connectivity index (χ4n) is 2.20. The number of aliphatic hydroxyl groups is 1. The summed E-state index contributed by atoms with van der Waals surface area (Å²) in [6.45, 7) is 0.180. The Balaban J connectivity index is 2.04. The standard InChI is InChI=1S/C16H16BrClO/c17-15-5-1-3-12(9-15)7-14(11-19)8-13-4-2-6-16(18)10-13/h1-6,9-10,14,19H,7-8,11H2. The van der Waals surface area contributed by atoms with Crippen molar-refractivity contribution in [3.63, 3.8) is 0 Å². The van der Waals surface area contributed by atoms with Crippen LogP contribution in [0.2, 0.25) is 5.02 Å². The summed E-state index contributed by atoms with van der Waals surface area (Å²) in [6.07, 6.45) is 1.70. The van der Waals surface area contributed by atoms with Crippen LogP contribution in [-0.2, 0) is 12.8 Å². The minimum absolute atomic E-state index is 0.180. The maximum atomic E-state index is 9.54. The van der Waals surface area contributed by atoms with Crippen LogP contribution in [0.4, 0.5) is 0 Å². The zero-order chi connectivity index (χ0) is 13.7. The quantitative estimate of drug-likeness (QED) is 0.850. The summed E-state index contributed by atoms with van der Waals surface area (Å²) in [5.41, 5.74) is 2.40. The van der Waals surface area contributed by atoms with Gasteiger partial charge in [0.25, 0.3) is 0 Å². The third-order valence-corrected chi connectivity index (χ3v) is 3.81. The third-order valence-electron chi connectivity index (χ3n) is 3.09. The van der Waals surface area contributed by atoms with Crippen LogP contribution in [0.15, 0.2) is 53.0 Å². The van der Waals surface area contributed by atoms with Gasteiger partial charge in [0.15, 0.2) is 0 Å². The van der Waals surface area contributed by atoms with Crippen molar-refractivity contribution in [1.29, 1.82) is 0 Å². The van der Waals surface area contributed by atoms with E-state index in [-0.39, 0.29) is 12.5 Å². The van der Waals surface area contributed by atoms with E-state index in [1.165, 1.54) is 11.1 Å². The molecule has 0 spiro atoms. The molecule has 100 valence electrons. The maximum absolute atomic E-state index is 9.54. The molecule has 1 nitrogen and oxygen atoms in total. The van der Waals surface area contributed by atoms with Gasteiger partial charge in [-0.2, -0.15) is 0 Å². The highest BCUT2D eigenvalue weighted by Gasteiger charge is 2.10.